The summed E-state index contributed by atoms with van der Waals surface area (Å²) in [4.78, 5) is 31.5. The Kier molecular flexibility index (Phi) is 7.39. The van der Waals surface area contributed by atoms with Gasteiger partial charge in [0.2, 0.25) is 11.8 Å². The van der Waals surface area contributed by atoms with Crippen molar-refractivity contribution >= 4 is 23.5 Å². The van der Waals surface area contributed by atoms with Gasteiger partial charge in [-0.1, -0.05) is 12.1 Å². The zero-order valence-corrected chi connectivity index (χ0v) is 14.5. The highest BCUT2D eigenvalue weighted by Gasteiger charge is 2.06. The Bertz CT molecular complexity index is 752. The first-order valence-corrected chi connectivity index (χ1v) is 8.13. The maximum atomic E-state index is 11.7. The van der Waals surface area contributed by atoms with Crippen LogP contribution < -0.4 is 22.3 Å². The number of nitrogens with zero attached hydrogens (tertiary/aromatic N) is 4. The third-order valence-corrected chi connectivity index (χ3v) is 3.26. The minimum Gasteiger partial charge on any atom is -0.380 e. The summed E-state index contributed by atoms with van der Waals surface area (Å²) in [5.41, 5.74) is 17.0. The van der Waals surface area contributed by atoms with Crippen LogP contribution in [0.5, 0.6) is 0 Å². The summed E-state index contributed by atoms with van der Waals surface area (Å²) in [6, 6.07) is 10.4. The van der Waals surface area contributed by atoms with E-state index in [9.17, 15) is 9.59 Å². The van der Waals surface area contributed by atoms with Crippen LogP contribution in [0, 0.1) is 0 Å². The number of carbonyl (C=O) groups is 2. The van der Waals surface area contributed by atoms with Gasteiger partial charge in [0.05, 0.1) is 0 Å². The smallest absolute Gasteiger partial charge is 0.240 e. The molecule has 0 bridgehead atoms. The van der Waals surface area contributed by atoms with Crippen LogP contribution in [0.2, 0.25) is 0 Å². The quantitative estimate of drug-likeness (QED) is 0.287. The normalized spacial score (nSPS) is 11.7. The molecule has 2 heterocycles. The number of amides is 2. The number of amidine groups is 2. The number of hydrazone groups is 2. The van der Waals surface area contributed by atoms with Crippen LogP contribution in [-0.2, 0) is 9.59 Å². The number of nitrogens with two attached hydrogens (primary N) is 2. The molecule has 0 aromatic carbocycles. The Morgan fingerprint density at radius 2 is 1.26 bits per heavy atom. The number of rotatable bonds is 8. The number of pyridine rings is 2. The molecule has 0 fully saturated rings. The molecular formula is C17H20N8O2. The van der Waals surface area contributed by atoms with E-state index in [0.29, 0.717) is 17.8 Å². The first-order valence-electron chi connectivity index (χ1n) is 8.13. The van der Waals surface area contributed by atoms with Crippen LogP contribution >= 0.6 is 0 Å². The molecule has 0 aliphatic heterocycles. The Hall–Kier alpha value is -3.82. The lowest BCUT2D eigenvalue weighted by Gasteiger charge is -2.03. The van der Waals surface area contributed by atoms with Crippen molar-refractivity contribution in [3.05, 3.63) is 60.2 Å². The molecule has 2 aromatic rings. The van der Waals surface area contributed by atoms with Gasteiger partial charge < -0.3 is 11.5 Å². The molecule has 0 saturated carbocycles. The van der Waals surface area contributed by atoms with Crippen molar-refractivity contribution in [3.63, 3.8) is 0 Å². The molecule has 0 unspecified atom stereocenters. The zero-order chi connectivity index (χ0) is 19.5. The van der Waals surface area contributed by atoms with Gasteiger partial charge in [-0.15, -0.1) is 0 Å². The standard InChI is InChI=1S/C17H20N8O2/c18-16(12-6-1-3-10-20-12)24-22-14(26)8-5-9-15(27)23-25-17(19)13-7-2-4-11-21-13/h1-4,6-7,10-11H,5,8-9H2,(H2,18,24)(H2,19,25)(H,22,26)(H,23,27). The van der Waals surface area contributed by atoms with Crippen LogP contribution in [0.4, 0.5) is 0 Å². The summed E-state index contributed by atoms with van der Waals surface area (Å²) in [6.07, 6.45) is 3.66. The van der Waals surface area contributed by atoms with Gasteiger partial charge in [-0.05, 0) is 30.7 Å². The summed E-state index contributed by atoms with van der Waals surface area (Å²) in [7, 11) is 0. The molecule has 2 aromatic heterocycles. The lowest BCUT2D eigenvalue weighted by atomic mass is 10.2. The highest BCUT2D eigenvalue weighted by atomic mass is 16.2. The SMILES string of the molecule is N/C(=N\NC(=O)CCCC(=O)N/N=C(\N)c1ccccn1)c1ccccn1. The Morgan fingerprint density at radius 1 is 0.815 bits per heavy atom. The van der Waals surface area contributed by atoms with Gasteiger partial charge in [0.1, 0.15) is 11.4 Å². The predicted molar refractivity (Wildman–Crippen MR) is 100 cm³/mol. The molecule has 10 heteroatoms. The van der Waals surface area contributed by atoms with Gasteiger partial charge in [-0.2, -0.15) is 10.2 Å². The number of nitrogens with one attached hydrogen (secondary N) is 2. The van der Waals surface area contributed by atoms with Crippen molar-refractivity contribution in [2.24, 2.45) is 21.7 Å². The second-order valence-electron chi connectivity index (χ2n) is 5.35. The topological polar surface area (TPSA) is 161 Å². The van der Waals surface area contributed by atoms with Gasteiger partial charge in [0.15, 0.2) is 11.7 Å². The fourth-order valence-electron chi connectivity index (χ4n) is 1.91. The van der Waals surface area contributed by atoms with E-state index >= 15 is 0 Å². The molecule has 0 saturated heterocycles. The zero-order valence-electron chi connectivity index (χ0n) is 14.5. The second-order valence-corrected chi connectivity index (χ2v) is 5.35. The molecule has 0 aliphatic rings. The highest BCUT2D eigenvalue weighted by molar-refractivity contribution is 5.96. The highest BCUT2D eigenvalue weighted by Crippen LogP contribution is 1.97. The average molecular weight is 368 g/mol. The van der Waals surface area contributed by atoms with Gasteiger partial charge in [-0.3, -0.25) is 19.6 Å². The molecule has 10 nitrogen and oxygen atoms in total. The van der Waals surface area contributed by atoms with Crippen molar-refractivity contribution in [2.75, 3.05) is 0 Å². The molecule has 6 N–H and O–H groups in total. The maximum absolute atomic E-state index is 11.7. The van der Waals surface area contributed by atoms with Crippen molar-refractivity contribution in [2.45, 2.75) is 19.3 Å². The first-order chi connectivity index (χ1) is 13.1. The first kappa shape index (κ1) is 19.5. The average Bonchev–Trinajstić information content (AvgIpc) is 2.71. The van der Waals surface area contributed by atoms with Gasteiger partial charge in [0.25, 0.3) is 0 Å². The second kappa shape index (κ2) is 10.2. The summed E-state index contributed by atoms with van der Waals surface area (Å²) in [5.74, 6) is -0.529. The summed E-state index contributed by atoms with van der Waals surface area (Å²) in [6.45, 7) is 0. The molecule has 0 radical (unpaired) electrons. The van der Waals surface area contributed by atoms with Crippen LogP contribution in [-0.4, -0.2) is 33.5 Å². The van der Waals surface area contributed by atoms with E-state index in [1.165, 1.54) is 0 Å². The molecule has 0 spiro atoms. The summed E-state index contributed by atoms with van der Waals surface area (Å²) < 4.78 is 0. The summed E-state index contributed by atoms with van der Waals surface area (Å²) >= 11 is 0. The van der Waals surface area contributed by atoms with Gasteiger partial charge >= 0.3 is 0 Å². The van der Waals surface area contributed by atoms with Crippen molar-refractivity contribution in [1.29, 1.82) is 0 Å². The maximum Gasteiger partial charge on any atom is 0.240 e. The van der Waals surface area contributed by atoms with E-state index < -0.39 is 0 Å². The Morgan fingerprint density at radius 3 is 1.63 bits per heavy atom. The predicted octanol–water partition coefficient (Wildman–Crippen LogP) is -0.180. The minimum atomic E-state index is -0.363. The van der Waals surface area contributed by atoms with Crippen molar-refractivity contribution in [1.82, 2.24) is 20.8 Å². The molecular weight excluding hydrogens is 348 g/mol. The van der Waals surface area contributed by atoms with Crippen LogP contribution in [0.25, 0.3) is 0 Å². The lowest BCUT2D eigenvalue weighted by Crippen LogP contribution is -2.26. The molecule has 0 aliphatic carbocycles. The monoisotopic (exact) mass is 368 g/mol. The van der Waals surface area contributed by atoms with E-state index in [-0.39, 0.29) is 36.3 Å². The fraction of sp³-hybridized carbons (Fsp3) is 0.176. The number of hydrogen-bond donors (Lipinski definition) is 4. The largest absolute Gasteiger partial charge is 0.380 e. The van der Waals surface area contributed by atoms with E-state index in [0.717, 1.165) is 0 Å². The van der Waals surface area contributed by atoms with E-state index in [4.69, 9.17) is 11.5 Å². The van der Waals surface area contributed by atoms with Crippen molar-refractivity contribution in [3.8, 4) is 0 Å². The summed E-state index contributed by atoms with van der Waals surface area (Å²) in [5, 5.41) is 7.54. The molecule has 0 atom stereocenters. The Labute approximate surface area is 155 Å². The lowest BCUT2D eigenvalue weighted by molar-refractivity contribution is -0.122. The minimum absolute atomic E-state index is 0.0982. The number of carbonyl (C=O) groups excluding carboxylic acids is 2. The van der Waals surface area contributed by atoms with Gasteiger partial charge in [-0.25, -0.2) is 10.9 Å². The van der Waals surface area contributed by atoms with Crippen LogP contribution in [0.15, 0.2) is 59.0 Å². The molecule has 2 rings (SSSR count). The van der Waals surface area contributed by atoms with E-state index in [1.54, 1.807) is 48.8 Å². The van der Waals surface area contributed by atoms with Crippen LogP contribution in [0.3, 0.4) is 0 Å². The molecule has 140 valence electrons. The van der Waals surface area contributed by atoms with Crippen LogP contribution in [0.1, 0.15) is 30.7 Å². The number of aromatic nitrogens is 2. The third-order valence-electron chi connectivity index (χ3n) is 3.26. The van der Waals surface area contributed by atoms with E-state index in [1.807, 2.05) is 0 Å². The number of hydrogen-bond acceptors (Lipinski definition) is 6. The van der Waals surface area contributed by atoms with E-state index in [2.05, 4.69) is 31.0 Å². The molecule has 27 heavy (non-hydrogen) atoms. The third kappa shape index (κ3) is 6.90. The molecule has 2 amide bonds. The Balaban J connectivity index is 1.69. The fourth-order valence-corrected chi connectivity index (χ4v) is 1.91. The van der Waals surface area contributed by atoms with Crippen molar-refractivity contribution < 1.29 is 9.59 Å². The van der Waals surface area contributed by atoms with Gasteiger partial charge in [0, 0.05) is 25.2 Å².